The molecule has 3 aromatic carbocycles. The lowest BCUT2D eigenvalue weighted by molar-refractivity contribution is 0.0981. The fourth-order valence-corrected chi connectivity index (χ4v) is 5.60. The quantitative estimate of drug-likeness (QED) is 0.616. The lowest BCUT2D eigenvalue weighted by Crippen LogP contribution is -2.35. The average Bonchev–Trinajstić information content (AvgIpc) is 3.09. The Labute approximate surface area is 190 Å². The van der Waals surface area contributed by atoms with E-state index in [-0.39, 0.29) is 18.5 Å². The number of carbonyl (C=O) groups is 1. The summed E-state index contributed by atoms with van der Waals surface area (Å²) in [4.78, 5) is 15.3. The Bertz CT molecular complexity index is 1280. The number of anilines is 1. The number of carbonyl (C=O) groups excluding carboxylic acids is 1. The van der Waals surface area contributed by atoms with Gasteiger partial charge in [0, 0.05) is 23.8 Å². The van der Waals surface area contributed by atoms with E-state index in [1.165, 1.54) is 0 Å². The average molecular weight is 449 g/mol. The minimum Gasteiger partial charge on any atom is -0.305 e. The van der Waals surface area contributed by atoms with Gasteiger partial charge in [0.2, 0.25) is 10.0 Å². The molecular formula is C26H28N2O3S. The molecule has 1 atom stereocenters. The van der Waals surface area contributed by atoms with Crippen LogP contribution in [0, 0.1) is 20.8 Å². The van der Waals surface area contributed by atoms with Crippen molar-refractivity contribution in [3.8, 4) is 0 Å². The third kappa shape index (κ3) is 4.20. The maximum Gasteiger partial charge on any atom is 0.258 e. The van der Waals surface area contributed by atoms with Crippen LogP contribution in [0.5, 0.6) is 0 Å². The van der Waals surface area contributed by atoms with E-state index in [1.54, 1.807) is 6.07 Å². The lowest BCUT2D eigenvalue weighted by Gasteiger charge is -2.23. The number of nitrogens with zero attached hydrogens (tertiary/aromatic N) is 1. The second-order valence-corrected chi connectivity index (χ2v) is 10.3. The number of hydrogen-bond donors (Lipinski definition) is 1. The van der Waals surface area contributed by atoms with Crippen LogP contribution in [0.4, 0.5) is 5.69 Å². The second kappa shape index (κ2) is 8.52. The van der Waals surface area contributed by atoms with Gasteiger partial charge in [-0.3, -0.25) is 4.79 Å². The zero-order chi connectivity index (χ0) is 23.0. The van der Waals surface area contributed by atoms with E-state index in [4.69, 9.17) is 0 Å². The Morgan fingerprint density at radius 3 is 2.38 bits per heavy atom. The first kappa shape index (κ1) is 22.2. The summed E-state index contributed by atoms with van der Waals surface area (Å²) in [6.45, 7) is 7.88. The van der Waals surface area contributed by atoms with Crippen molar-refractivity contribution in [3.63, 3.8) is 0 Å². The fraction of sp³-hybridized carbons (Fsp3) is 0.269. The van der Waals surface area contributed by atoms with Crippen LogP contribution in [0.25, 0.3) is 0 Å². The molecule has 3 aromatic rings. The molecule has 4 rings (SSSR count). The molecule has 0 aromatic heterocycles. The third-order valence-electron chi connectivity index (χ3n) is 6.15. The number of benzene rings is 3. The summed E-state index contributed by atoms with van der Waals surface area (Å²) >= 11 is 0. The van der Waals surface area contributed by atoms with Crippen molar-refractivity contribution in [1.82, 2.24) is 4.72 Å². The van der Waals surface area contributed by atoms with E-state index in [0.717, 1.165) is 39.9 Å². The fourth-order valence-electron chi connectivity index (χ4n) is 4.27. The van der Waals surface area contributed by atoms with E-state index < -0.39 is 10.0 Å². The van der Waals surface area contributed by atoms with Gasteiger partial charge in [0.25, 0.3) is 5.91 Å². The highest BCUT2D eigenvalue weighted by Crippen LogP contribution is 2.34. The molecule has 0 saturated carbocycles. The summed E-state index contributed by atoms with van der Waals surface area (Å²) in [5.74, 6) is -0.0414. The zero-order valence-corrected chi connectivity index (χ0v) is 19.7. The topological polar surface area (TPSA) is 66.5 Å². The number of nitrogens with one attached hydrogen (secondary N) is 1. The predicted molar refractivity (Wildman–Crippen MR) is 128 cm³/mol. The molecule has 0 spiro atoms. The lowest BCUT2D eigenvalue weighted by atomic mass is 10.1. The van der Waals surface area contributed by atoms with Gasteiger partial charge >= 0.3 is 0 Å². The number of aryl methyl sites for hydroxylation is 3. The molecule has 0 aliphatic carbocycles. The number of fused-ring (bicyclic) bond motifs is 1. The van der Waals surface area contributed by atoms with Crippen LogP contribution < -0.4 is 9.62 Å². The van der Waals surface area contributed by atoms with Crippen molar-refractivity contribution in [2.45, 2.75) is 51.6 Å². The molecule has 5 nitrogen and oxygen atoms in total. The predicted octanol–water partition coefficient (Wildman–Crippen LogP) is 4.68. The Kier molecular flexibility index (Phi) is 5.93. The monoisotopic (exact) mass is 448 g/mol. The molecule has 1 aliphatic rings. The Morgan fingerprint density at radius 1 is 0.969 bits per heavy atom. The summed E-state index contributed by atoms with van der Waals surface area (Å²) in [6, 6.07) is 18.7. The molecular weight excluding hydrogens is 420 g/mol. The van der Waals surface area contributed by atoms with Gasteiger partial charge in [-0.25, -0.2) is 13.1 Å². The van der Waals surface area contributed by atoms with Gasteiger partial charge in [0.1, 0.15) is 0 Å². The van der Waals surface area contributed by atoms with Crippen LogP contribution in [-0.2, 0) is 23.0 Å². The normalized spacial score (nSPS) is 15.6. The summed E-state index contributed by atoms with van der Waals surface area (Å²) in [7, 11) is -3.66. The molecule has 1 heterocycles. The van der Waals surface area contributed by atoms with Crippen molar-refractivity contribution in [2.75, 3.05) is 4.90 Å². The van der Waals surface area contributed by atoms with Crippen molar-refractivity contribution >= 4 is 21.6 Å². The van der Waals surface area contributed by atoms with Gasteiger partial charge in [-0.05, 0) is 86.2 Å². The highest BCUT2D eigenvalue weighted by Gasteiger charge is 2.31. The highest BCUT2D eigenvalue weighted by atomic mass is 32.2. The second-order valence-electron chi connectivity index (χ2n) is 8.58. The first-order valence-corrected chi connectivity index (χ1v) is 12.2. The number of amides is 1. The molecule has 6 heteroatoms. The van der Waals surface area contributed by atoms with Crippen molar-refractivity contribution in [1.29, 1.82) is 0 Å². The van der Waals surface area contributed by atoms with Crippen molar-refractivity contribution in [3.05, 3.63) is 94.0 Å². The van der Waals surface area contributed by atoms with Crippen LogP contribution in [0.3, 0.4) is 0 Å². The minimum absolute atomic E-state index is 0.0414. The number of rotatable bonds is 5. The maximum absolute atomic E-state index is 13.1. The third-order valence-corrected chi connectivity index (χ3v) is 7.70. The highest BCUT2D eigenvalue weighted by molar-refractivity contribution is 7.89. The van der Waals surface area contributed by atoms with Gasteiger partial charge in [-0.1, -0.05) is 36.4 Å². The Hall–Kier alpha value is -2.96. The molecule has 0 unspecified atom stereocenters. The molecule has 0 radical (unpaired) electrons. The molecule has 0 saturated heterocycles. The van der Waals surface area contributed by atoms with Gasteiger partial charge in [0.15, 0.2) is 0 Å². The Morgan fingerprint density at radius 2 is 1.66 bits per heavy atom. The van der Waals surface area contributed by atoms with Gasteiger partial charge in [-0.15, -0.1) is 0 Å². The molecule has 32 heavy (non-hydrogen) atoms. The summed E-state index contributed by atoms with van der Waals surface area (Å²) in [5.41, 5.74) is 6.14. The molecule has 1 amide bonds. The van der Waals surface area contributed by atoms with E-state index in [9.17, 15) is 13.2 Å². The van der Waals surface area contributed by atoms with Gasteiger partial charge < -0.3 is 4.90 Å². The van der Waals surface area contributed by atoms with Crippen LogP contribution in [0.2, 0.25) is 0 Å². The van der Waals surface area contributed by atoms with Crippen LogP contribution in [0.15, 0.2) is 65.6 Å². The van der Waals surface area contributed by atoms with Gasteiger partial charge in [-0.2, -0.15) is 0 Å². The summed E-state index contributed by atoms with van der Waals surface area (Å²) in [5, 5.41) is 0. The number of hydrogen-bond acceptors (Lipinski definition) is 3. The van der Waals surface area contributed by atoms with E-state index in [1.807, 2.05) is 87.2 Å². The number of sulfonamides is 1. The van der Waals surface area contributed by atoms with Crippen LogP contribution >= 0.6 is 0 Å². The molecule has 166 valence electrons. The van der Waals surface area contributed by atoms with E-state index >= 15 is 0 Å². The van der Waals surface area contributed by atoms with Crippen LogP contribution in [0.1, 0.15) is 45.1 Å². The van der Waals surface area contributed by atoms with Crippen LogP contribution in [-0.4, -0.2) is 20.4 Å². The smallest absolute Gasteiger partial charge is 0.258 e. The first-order chi connectivity index (χ1) is 15.2. The maximum atomic E-state index is 13.1. The minimum atomic E-state index is -3.66. The summed E-state index contributed by atoms with van der Waals surface area (Å²) < 4.78 is 28.6. The van der Waals surface area contributed by atoms with Crippen molar-refractivity contribution < 1.29 is 13.2 Å². The van der Waals surface area contributed by atoms with E-state index in [2.05, 4.69) is 4.72 Å². The molecule has 0 bridgehead atoms. The molecule has 1 N–H and O–H groups in total. The zero-order valence-electron chi connectivity index (χ0n) is 18.8. The van der Waals surface area contributed by atoms with Crippen molar-refractivity contribution in [2.24, 2.45) is 0 Å². The SMILES string of the molecule is Cc1cc(C)c(S(=O)(=O)NCc2ccc3c(c2)N(C(=O)c2ccccc2)[C@H](C)C3)cc1C. The largest absolute Gasteiger partial charge is 0.305 e. The molecule has 1 aliphatic heterocycles. The van der Waals surface area contributed by atoms with E-state index in [0.29, 0.717) is 10.5 Å². The molecule has 0 fully saturated rings. The van der Waals surface area contributed by atoms with Gasteiger partial charge in [0.05, 0.1) is 4.90 Å². The summed E-state index contributed by atoms with van der Waals surface area (Å²) in [6.07, 6.45) is 0.780. The standard InChI is InChI=1S/C26H28N2O3S/c1-17-12-19(3)25(13-18(17)2)32(30,31)27-16-21-10-11-23-14-20(4)28(24(23)15-21)26(29)22-8-6-5-7-9-22/h5-13,15,20,27H,14,16H2,1-4H3/t20-/m1/s1. The Balaban J connectivity index is 1.58. The first-order valence-electron chi connectivity index (χ1n) is 10.8.